The Morgan fingerprint density at radius 3 is 2.53 bits per heavy atom. The van der Waals surface area contributed by atoms with Gasteiger partial charge in [-0.2, -0.15) is 0 Å². The van der Waals surface area contributed by atoms with Gasteiger partial charge in [-0.3, -0.25) is 0 Å². The van der Waals surface area contributed by atoms with Crippen molar-refractivity contribution in [2.45, 2.75) is 26.3 Å². The highest BCUT2D eigenvalue weighted by Crippen LogP contribution is 2.31. The third-order valence-corrected chi connectivity index (χ3v) is 5.55. The van der Waals surface area contributed by atoms with Crippen LogP contribution >= 0.6 is 0 Å². The summed E-state index contributed by atoms with van der Waals surface area (Å²) < 4.78 is 11.7. The summed E-state index contributed by atoms with van der Waals surface area (Å²) in [6.07, 6.45) is 4.64. The SMILES string of the molecule is Cc1cc(Nc2ncnc3ccc(NC4=NC(C)(C)CO4)cc23)ccc1Oc1cc(N=CN(C)C)ncn1. The Bertz CT molecular complexity index is 1530. The van der Waals surface area contributed by atoms with Gasteiger partial charge in [0, 0.05) is 36.9 Å². The van der Waals surface area contributed by atoms with Crippen molar-refractivity contribution in [1.29, 1.82) is 0 Å². The molecule has 1 aliphatic rings. The van der Waals surface area contributed by atoms with Crippen LogP contribution in [0.1, 0.15) is 19.4 Å². The van der Waals surface area contributed by atoms with Crippen LogP contribution in [0.5, 0.6) is 11.6 Å². The lowest BCUT2D eigenvalue weighted by Gasteiger charge is -2.13. The number of nitrogens with zero attached hydrogens (tertiary/aromatic N) is 7. The molecule has 0 unspecified atom stereocenters. The van der Waals surface area contributed by atoms with Crippen LogP contribution in [0.4, 0.5) is 23.0 Å². The first kappa shape index (κ1) is 24.9. The maximum Gasteiger partial charge on any atom is 0.289 e. The van der Waals surface area contributed by atoms with E-state index in [9.17, 15) is 0 Å². The Kier molecular flexibility index (Phi) is 6.73. The summed E-state index contributed by atoms with van der Waals surface area (Å²) in [5.74, 6) is 2.28. The number of amidine groups is 1. The number of hydrogen-bond acceptors (Lipinski definition) is 10. The average molecular weight is 512 g/mol. The fraction of sp³-hybridized carbons (Fsp3) is 0.259. The summed E-state index contributed by atoms with van der Waals surface area (Å²) in [4.78, 5) is 27.9. The maximum absolute atomic E-state index is 6.00. The molecule has 2 aromatic heterocycles. The average Bonchev–Trinajstić information content (AvgIpc) is 3.23. The molecule has 0 atom stereocenters. The lowest BCUT2D eigenvalue weighted by Crippen LogP contribution is -2.17. The standard InChI is InChI=1S/C27H29N9O2/c1-17-10-18(7-9-22(17)38-24-12-23(29-15-30-24)32-16-36(4)5)33-25-20-11-19(6-8-21(20)28-14-31-25)34-26-35-27(2,3)13-37-26/h6-12,14-16H,13H2,1-5H3,(H,34,35)(H,28,31,33). The van der Waals surface area contributed by atoms with Crippen LogP contribution in [0.15, 0.2) is 65.1 Å². The Labute approximate surface area is 220 Å². The Morgan fingerprint density at radius 1 is 0.974 bits per heavy atom. The number of hydrogen-bond donors (Lipinski definition) is 2. The number of ether oxygens (including phenoxy) is 2. The van der Waals surface area contributed by atoms with Gasteiger partial charge in [0.05, 0.1) is 17.4 Å². The number of nitrogens with one attached hydrogen (secondary N) is 2. The van der Waals surface area contributed by atoms with Gasteiger partial charge in [-0.05, 0) is 62.7 Å². The van der Waals surface area contributed by atoms with Gasteiger partial charge in [-0.1, -0.05) is 0 Å². The highest BCUT2D eigenvalue weighted by atomic mass is 16.5. The number of aromatic nitrogens is 4. The summed E-state index contributed by atoms with van der Waals surface area (Å²) in [6, 6.07) is 13.8. The van der Waals surface area contributed by atoms with Crippen LogP contribution in [-0.2, 0) is 4.74 Å². The number of aliphatic imine (C=N–C) groups is 2. The zero-order valence-electron chi connectivity index (χ0n) is 21.9. The number of anilines is 3. The normalized spacial score (nSPS) is 14.3. The van der Waals surface area contributed by atoms with E-state index in [1.54, 1.807) is 18.7 Å². The largest absolute Gasteiger partial charge is 0.462 e. The second-order valence-electron chi connectivity index (χ2n) is 9.73. The monoisotopic (exact) mass is 511 g/mol. The molecule has 194 valence electrons. The molecule has 2 N–H and O–H groups in total. The van der Waals surface area contributed by atoms with Gasteiger partial charge in [-0.15, -0.1) is 0 Å². The number of benzene rings is 2. The third-order valence-electron chi connectivity index (χ3n) is 5.55. The molecular weight excluding hydrogens is 482 g/mol. The first-order valence-electron chi connectivity index (χ1n) is 12.1. The van der Waals surface area contributed by atoms with E-state index in [4.69, 9.17) is 9.47 Å². The van der Waals surface area contributed by atoms with E-state index in [0.29, 0.717) is 35.9 Å². The van der Waals surface area contributed by atoms with Gasteiger partial charge in [0.2, 0.25) is 5.88 Å². The quantitative estimate of drug-likeness (QED) is 0.259. The van der Waals surface area contributed by atoms with Crippen LogP contribution in [0.2, 0.25) is 0 Å². The molecule has 0 radical (unpaired) electrons. The third kappa shape index (κ3) is 5.94. The predicted octanol–water partition coefficient (Wildman–Crippen LogP) is 5.06. The molecule has 38 heavy (non-hydrogen) atoms. The summed E-state index contributed by atoms with van der Waals surface area (Å²) in [7, 11) is 3.78. The topological polar surface area (TPSA) is 122 Å². The fourth-order valence-electron chi connectivity index (χ4n) is 3.73. The van der Waals surface area contributed by atoms with Gasteiger partial charge < -0.3 is 25.0 Å². The molecule has 11 heteroatoms. The van der Waals surface area contributed by atoms with Gasteiger partial charge >= 0.3 is 0 Å². The van der Waals surface area contributed by atoms with Crippen molar-refractivity contribution in [2.75, 3.05) is 31.3 Å². The lowest BCUT2D eigenvalue weighted by atomic mass is 10.1. The van der Waals surface area contributed by atoms with E-state index in [0.717, 1.165) is 27.8 Å². The molecule has 0 fully saturated rings. The molecule has 0 amide bonds. The molecule has 0 aliphatic carbocycles. The van der Waals surface area contributed by atoms with Gasteiger partial charge in [0.25, 0.3) is 6.02 Å². The fourth-order valence-corrected chi connectivity index (χ4v) is 3.73. The van der Waals surface area contributed by atoms with E-state index in [2.05, 4.69) is 40.6 Å². The molecule has 3 heterocycles. The molecule has 1 aliphatic heterocycles. The molecular formula is C27H29N9O2. The van der Waals surface area contributed by atoms with Crippen molar-refractivity contribution < 1.29 is 9.47 Å². The van der Waals surface area contributed by atoms with Crippen molar-refractivity contribution in [3.8, 4) is 11.6 Å². The zero-order chi connectivity index (χ0) is 26.7. The lowest BCUT2D eigenvalue weighted by molar-refractivity contribution is 0.278. The zero-order valence-corrected chi connectivity index (χ0v) is 21.9. The van der Waals surface area contributed by atoms with Crippen LogP contribution in [0, 0.1) is 6.92 Å². The molecule has 0 saturated carbocycles. The van der Waals surface area contributed by atoms with E-state index in [1.807, 2.05) is 76.2 Å². The van der Waals surface area contributed by atoms with Crippen LogP contribution < -0.4 is 15.4 Å². The molecule has 2 aromatic carbocycles. The minimum absolute atomic E-state index is 0.238. The van der Waals surface area contributed by atoms with Gasteiger partial charge in [0.15, 0.2) is 5.82 Å². The van der Waals surface area contributed by atoms with Crippen molar-refractivity contribution >= 4 is 46.3 Å². The summed E-state index contributed by atoms with van der Waals surface area (Å²) in [5, 5.41) is 7.51. The molecule has 0 bridgehead atoms. The van der Waals surface area contributed by atoms with E-state index in [1.165, 1.54) is 6.33 Å². The first-order chi connectivity index (χ1) is 18.2. The Morgan fingerprint density at radius 2 is 1.76 bits per heavy atom. The van der Waals surface area contributed by atoms with Crippen molar-refractivity contribution in [3.05, 3.63) is 60.7 Å². The number of fused-ring (bicyclic) bond motifs is 1. The number of rotatable bonds is 7. The molecule has 0 spiro atoms. The second-order valence-corrected chi connectivity index (χ2v) is 9.73. The maximum atomic E-state index is 6.00. The smallest absolute Gasteiger partial charge is 0.289 e. The second kappa shape index (κ2) is 10.3. The summed E-state index contributed by atoms with van der Waals surface area (Å²) in [5.41, 5.74) is 3.20. The Balaban J connectivity index is 1.34. The van der Waals surface area contributed by atoms with E-state index < -0.39 is 0 Å². The van der Waals surface area contributed by atoms with E-state index in [-0.39, 0.29) is 5.54 Å². The highest BCUT2D eigenvalue weighted by Gasteiger charge is 2.26. The Hall–Kier alpha value is -4.80. The van der Waals surface area contributed by atoms with Crippen molar-refractivity contribution in [1.82, 2.24) is 24.8 Å². The van der Waals surface area contributed by atoms with E-state index >= 15 is 0 Å². The first-order valence-corrected chi connectivity index (χ1v) is 12.1. The van der Waals surface area contributed by atoms with Crippen LogP contribution in [0.3, 0.4) is 0 Å². The summed E-state index contributed by atoms with van der Waals surface area (Å²) in [6.45, 7) is 6.57. The highest BCUT2D eigenvalue weighted by molar-refractivity contribution is 5.97. The molecule has 4 aromatic rings. The van der Waals surface area contributed by atoms with Gasteiger partial charge in [-0.25, -0.2) is 29.9 Å². The van der Waals surface area contributed by atoms with Crippen LogP contribution in [-0.4, -0.2) is 63.4 Å². The molecule has 11 nitrogen and oxygen atoms in total. The number of aryl methyl sites for hydroxylation is 1. The van der Waals surface area contributed by atoms with Crippen molar-refractivity contribution in [2.24, 2.45) is 9.98 Å². The minimum atomic E-state index is -0.238. The molecule has 5 rings (SSSR count). The van der Waals surface area contributed by atoms with Crippen molar-refractivity contribution in [3.63, 3.8) is 0 Å². The minimum Gasteiger partial charge on any atom is -0.462 e. The summed E-state index contributed by atoms with van der Waals surface area (Å²) >= 11 is 0. The van der Waals surface area contributed by atoms with Gasteiger partial charge in [0.1, 0.15) is 30.8 Å². The van der Waals surface area contributed by atoms with Crippen LogP contribution in [0.25, 0.3) is 10.9 Å². The molecule has 0 saturated heterocycles. The predicted molar refractivity (Wildman–Crippen MR) is 149 cm³/mol.